The molecule has 0 atom stereocenters. The summed E-state index contributed by atoms with van der Waals surface area (Å²) in [5.41, 5.74) is 4.79. The average Bonchev–Trinajstić information content (AvgIpc) is 2.73. The maximum absolute atomic E-state index is 4.70. The molecule has 0 unspecified atom stereocenters. The monoisotopic (exact) mass is 485 g/mol. The summed E-state index contributed by atoms with van der Waals surface area (Å²) in [6.07, 6.45) is 18.5. The van der Waals surface area contributed by atoms with Gasteiger partial charge in [0.15, 0.2) is 0 Å². The van der Waals surface area contributed by atoms with Crippen LogP contribution in [0.4, 0.5) is 5.69 Å². The Bertz CT molecular complexity index is 534. The molecule has 0 bridgehead atoms. The van der Waals surface area contributed by atoms with Crippen molar-refractivity contribution in [2.45, 2.75) is 81.9 Å². The number of anilines is 1. The third-order valence-electron chi connectivity index (χ3n) is 6.08. The number of nitrogens with zero attached hydrogens (tertiary/aromatic N) is 1. The van der Waals surface area contributed by atoms with Gasteiger partial charge in [-0.2, -0.15) is 0 Å². The first-order valence-corrected chi connectivity index (χ1v) is 14.9. The van der Waals surface area contributed by atoms with Gasteiger partial charge in [-0.25, -0.2) is 0 Å². The predicted octanol–water partition coefficient (Wildman–Crippen LogP) is 8.33. The fourth-order valence-corrected chi connectivity index (χ4v) is 7.90. The van der Waals surface area contributed by atoms with Crippen molar-refractivity contribution < 1.29 is 12.7 Å². The quantitative estimate of drug-likeness (QED) is 0.288. The zero-order valence-corrected chi connectivity index (χ0v) is 20.8. The standard InChI is InChI=1S/C23H36NP.2ClH.Ni/c1-24(2)21-17-15-20(16-18-21)10-9-19-25(22-11-5-3-6-12-22)23-13-7-4-8-14-23;;;/h9,15-19,22-23H,3-8,10-14H2,1-2H3;2*1H;/q;;;+2/p-2. The van der Waals surface area contributed by atoms with E-state index in [0.29, 0.717) is 12.7 Å². The van der Waals surface area contributed by atoms with Gasteiger partial charge in [0.1, 0.15) is 0 Å². The van der Waals surface area contributed by atoms with Crippen molar-refractivity contribution in [1.82, 2.24) is 0 Å². The summed E-state index contributed by atoms with van der Waals surface area (Å²) < 4.78 is 0. The summed E-state index contributed by atoms with van der Waals surface area (Å²) in [6, 6.07) is 9.08. The molecule has 3 rings (SSSR count). The third-order valence-corrected chi connectivity index (χ3v) is 9.35. The summed E-state index contributed by atoms with van der Waals surface area (Å²) in [5, 5.41) is 0. The Balaban J connectivity index is 0.000000878. The first kappa shape index (κ1) is 24.5. The van der Waals surface area contributed by atoms with Gasteiger partial charge in [-0.1, -0.05) is 70.5 Å². The van der Waals surface area contributed by atoms with E-state index in [0.717, 1.165) is 17.7 Å². The van der Waals surface area contributed by atoms with Crippen LogP contribution in [0.25, 0.3) is 0 Å². The van der Waals surface area contributed by atoms with Crippen molar-refractivity contribution in [3.63, 3.8) is 0 Å². The zero-order chi connectivity index (χ0) is 20.2. The molecule has 2 fully saturated rings. The van der Waals surface area contributed by atoms with Gasteiger partial charge < -0.3 is 4.90 Å². The topological polar surface area (TPSA) is 3.24 Å². The Hall–Kier alpha value is 0.264. The molecule has 0 heterocycles. The molecule has 0 N–H and O–H groups in total. The molecule has 0 aromatic heterocycles. The predicted molar refractivity (Wildman–Crippen MR) is 126 cm³/mol. The van der Waals surface area contributed by atoms with Crippen LogP contribution in [0.15, 0.2) is 36.2 Å². The van der Waals surface area contributed by atoms with Crippen LogP contribution in [0.5, 0.6) is 0 Å². The summed E-state index contributed by atoms with van der Waals surface area (Å²) >= 11 is 0.569. The Morgan fingerprint density at radius 1 is 0.893 bits per heavy atom. The van der Waals surface area contributed by atoms with Crippen molar-refractivity contribution >= 4 is 34.0 Å². The number of benzene rings is 1. The molecule has 0 spiro atoms. The number of halogens is 2. The molecule has 5 heteroatoms. The summed E-state index contributed by atoms with van der Waals surface area (Å²) in [6.45, 7) is 0. The van der Waals surface area contributed by atoms with Gasteiger partial charge in [-0.3, -0.25) is 0 Å². The van der Waals surface area contributed by atoms with Gasteiger partial charge in [-0.05, 0) is 61.1 Å². The minimum atomic E-state index is 0.101. The fraction of sp³-hybridized carbons (Fsp3) is 0.652. The maximum atomic E-state index is 4.70. The first-order chi connectivity index (χ1) is 13.7. The Kier molecular flexibility index (Phi) is 12.5. The van der Waals surface area contributed by atoms with Crippen molar-refractivity contribution in [3.05, 3.63) is 41.7 Å². The van der Waals surface area contributed by atoms with E-state index in [1.807, 2.05) is 0 Å². The van der Waals surface area contributed by atoms with E-state index in [4.69, 9.17) is 20.4 Å². The average molecular weight is 487 g/mol. The normalized spacial score (nSPS) is 19.0. The molecule has 2 saturated carbocycles. The molecule has 28 heavy (non-hydrogen) atoms. The molecule has 1 aromatic rings. The zero-order valence-electron chi connectivity index (χ0n) is 17.4. The van der Waals surface area contributed by atoms with Crippen LogP contribution in [0, 0.1) is 0 Å². The molecule has 0 amide bonds. The van der Waals surface area contributed by atoms with Gasteiger partial charge in [-0.15, -0.1) is 0 Å². The molecular formula is C23H36Cl2NNiP. The van der Waals surface area contributed by atoms with Crippen molar-refractivity contribution in [2.24, 2.45) is 0 Å². The summed E-state index contributed by atoms with van der Waals surface area (Å²) in [7, 11) is 13.7. The van der Waals surface area contributed by atoms with E-state index in [2.05, 4.69) is 55.2 Å². The van der Waals surface area contributed by atoms with Gasteiger partial charge in [0.2, 0.25) is 0 Å². The molecule has 0 aliphatic heterocycles. The van der Waals surface area contributed by atoms with Gasteiger partial charge in [0, 0.05) is 19.8 Å². The third kappa shape index (κ3) is 8.56. The Morgan fingerprint density at radius 3 is 1.79 bits per heavy atom. The molecule has 0 saturated heterocycles. The Labute approximate surface area is 188 Å². The van der Waals surface area contributed by atoms with Crippen LogP contribution in [0.2, 0.25) is 0 Å². The number of rotatable bonds is 6. The van der Waals surface area contributed by atoms with Crippen molar-refractivity contribution in [1.29, 1.82) is 0 Å². The number of hydrogen-bond acceptors (Lipinski definition) is 1. The summed E-state index contributed by atoms with van der Waals surface area (Å²) in [4.78, 5) is 2.17. The second-order valence-electron chi connectivity index (χ2n) is 8.23. The van der Waals surface area contributed by atoms with Crippen LogP contribution >= 0.6 is 28.3 Å². The van der Waals surface area contributed by atoms with Gasteiger partial charge in [0.25, 0.3) is 0 Å². The van der Waals surface area contributed by atoms with Crippen LogP contribution in [-0.4, -0.2) is 25.4 Å². The molecule has 0 radical (unpaired) electrons. The van der Waals surface area contributed by atoms with Crippen molar-refractivity contribution in [3.8, 4) is 0 Å². The second-order valence-corrected chi connectivity index (χ2v) is 12.5. The molecule has 162 valence electrons. The van der Waals surface area contributed by atoms with E-state index in [-0.39, 0.29) is 7.92 Å². The van der Waals surface area contributed by atoms with E-state index in [1.54, 1.807) is 0 Å². The van der Waals surface area contributed by atoms with Crippen LogP contribution in [0.1, 0.15) is 69.8 Å². The van der Waals surface area contributed by atoms with Crippen LogP contribution in [-0.2, 0) is 19.1 Å². The molecular weight excluding hydrogens is 451 g/mol. The van der Waals surface area contributed by atoms with Crippen molar-refractivity contribution in [2.75, 3.05) is 19.0 Å². The summed E-state index contributed by atoms with van der Waals surface area (Å²) in [5.74, 6) is 2.70. The van der Waals surface area contributed by atoms with E-state index >= 15 is 0 Å². The van der Waals surface area contributed by atoms with Crippen LogP contribution in [0.3, 0.4) is 0 Å². The second kappa shape index (κ2) is 14.3. The molecule has 1 nitrogen and oxygen atoms in total. The molecule has 1 aromatic carbocycles. The minimum absolute atomic E-state index is 0.101. The SMILES string of the molecule is CN(C)c1ccc(CC=CP(C2CCCCC2)C2CCCCC2)cc1.[Cl][Ni][Cl]. The van der Waals surface area contributed by atoms with E-state index in [9.17, 15) is 0 Å². The first-order valence-electron chi connectivity index (χ1n) is 10.7. The van der Waals surface area contributed by atoms with E-state index in [1.165, 1.54) is 75.5 Å². The fourth-order valence-electron chi connectivity index (χ4n) is 4.54. The van der Waals surface area contributed by atoms with Gasteiger partial charge >= 0.3 is 33.0 Å². The molecule has 2 aliphatic carbocycles. The van der Waals surface area contributed by atoms with Gasteiger partial charge in [0.05, 0.1) is 0 Å². The van der Waals surface area contributed by atoms with Crippen LogP contribution < -0.4 is 4.90 Å². The molecule has 2 aliphatic rings. The number of allylic oxidation sites excluding steroid dienone is 1. The number of hydrogen-bond donors (Lipinski definition) is 0. The Morgan fingerprint density at radius 2 is 1.36 bits per heavy atom. The van der Waals surface area contributed by atoms with E-state index < -0.39 is 0 Å².